The number of barbiturate groups is 1. The summed E-state index contributed by atoms with van der Waals surface area (Å²) in [7, 11) is 0. The Morgan fingerprint density at radius 1 is 1.07 bits per heavy atom. The summed E-state index contributed by atoms with van der Waals surface area (Å²) in [5.74, 6) is -1.14. The van der Waals surface area contributed by atoms with Crippen LogP contribution in [0.15, 0.2) is 42.0 Å². The van der Waals surface area contributed by atoms with Crippen LogP contribution in [0.2, 0.25) is 15.1 Å². The van der Waals surface area contributed by atoms with Crippen molar-refractivity contribution in [2.24, 2.45) is 0 Å². The number of carbonyl (C=O) groups is 3. The van der Waals surface area contributed by atoms with E-state index in [4.69, 9.17) is 39.5 Å². The fraction of sp³-hybridized carbons (Fsp3) is 0.190. The summed E-state index contributed by atoms with van der Waals surface area (Å²) < 4.78 is 5.72. The average Bonchev–Trinajstić information content (AvgIpc) is 2.68. The Labute approximate surface area is 188 Å². The third-order valence-electron chi connectivity index (χ3n) is 4.42. The van der Waals surface area contributed by atoms with Gasteiger partial charge in [0, 0.05) is 5.02 Å². The molecule has 0 saturated carbocycles. The number of nitrogens with zero attached hydrogens (tertiary/aromatic N) is 1. The van der Waals surface area contributed by atoms with E-state index in [1.807, 2.05) is 13.8 Å². The summed E-state index contributed by atoms with van der Waals surface area (Å²) in [4.78, 5) is 38.3. The maximum Gasteiger partial charge on any atom is 0.335 e. The minimum absolute atomic E-state index is 0.0129. The Bertz CT molecular complexity index is 1070. The third kappa shape index (κ3) is 4.61. The number of amides is 4. The standard InChI is InChI=1S/C21H17Cl3N2O4/c1-3-11(2)30-18-7-4-12(9-16(18)24)8-14-19(27)25-21(29)26(20(14)28)17-6-5-13(22)10-15(17)23/h4-11H,3H2,1-2H3,(H,25,27,29)/b14-8+/t11-/m0/s1. The molecule has 9 heteroatoms. The maximum atomic E-state index is 13.0. The number of anilines is 1. The molecule has 0 unspecified atom stereocenters. The second-order valence-corrected chi connectivity index (χ2v) is 7.83. The highest BCUT2D eigenvalue weighted by Crippen LogP contribution is 2.32. The zero-order chi connectivity index (χ0) is 22.0. The molecule has 30 heavy (non-hydrogen) atoms. The van der Waals surface area contributed by atoms with Gasteiger partial charge in [-0.05, 0) is 55.3 Å². The van der Waals surface area contributed by atoms with E-state index in [-0.39, 0.29) is 22.4 Å². The Morgan fingerprint density at radius 3 is 2.43 bits per heavy atom. The molecular formula is C21H17Cl3N2O4. The van der Waals surface area contributed by atoms with E-state index in [1.165, 1.54) is 24.3 Å². The first-order valence-corrected chi connectivity index (χ1v) is 10.2. The first-order chi connectivity index (χ1) is 14.2. The number of nitrogens with one attached hydrogen (secondary N) is 1. The number of rotatable bonds is 5. The number of imide groups is 2. The molecule has 1 N–H and O–H groups in total. The molecule has 0 aliphatic carbocycles. The Morgan fingerprint density at radius 2 is 1.80 bits per heavy atom. The number of hydrogen-bond donors (Lipinski definition) is 1. The van der Waals surface area contributed by atoms with E-state index in [2.05, 4.69) is 5.32 Å². The molecule has 1 atom stereocenters. The zero-order valence-corrected chi connectivity index (χ0v) is 18.3. The van der Waals surface area contributed by atoms with Crippen LogP contribution in [0.1, 0.15) is 25.8 Å². The van der Waals surface area contributed by atoms with Gasteiger partial charge in [0.2, 0.25) is 0 Å². The SMILES string of the molecule is CC[C@H](C)Oc1ccc(/C=C2\C(=O)NC(=O)N(c3ccc(Cl)cc3Cl)C2=O)cc1Cl. The van der Waals surface area contributed by atoms with Crippen molar-refractivity contribution in [2.45, 2.75) is 26.4 Å². The van der Waals surface area contributed by atoms with Crippen LogP contribution in [0.5, 0.6) is 5.75 Å². The van der Waals surface area contributed by atoms with Gasteiger partial charge in [-0.1, -0.05) is 47.8 Å². The molecule has 6 nitrogen and oxygen atoms in total. The van der Waals surface area contributed by atoms with E-state index in [0.717, 1.165) is 11.3 Å². The number of carbonyl (C=O) groups excluding carboxylic acids is 3. The van der Waals surface area contributed by atoms with Gasteiger partial charge in [0.25, 0.3) is 11.8 Å². The monoisotopic (exact) mass is 466 g/mol. The predicted molar refractivity (Wildman–Crippen MR) is 117 cm³/mol. The lowest BCUT2D eigenvalue weighted by molar-refractivity contribution is -0.122. The maximum absolute atomic E-state index is 13.0. The van der Waals surface area contributed by atoms with Gasteiger partial charge < -0.3 is 4.74 Å². The van der Waals surface area contributed by atoms with Crippen molar-refractivity contribution in [3.8, 4) is 5.75 Å². The van der Waals surface area contributed by atoms with Crippen LogP contribution in [0.4, 0.5) is 10.5 Å². The molecule has 1 aliphatic rings. The van der Waals surface area contributed by atoms with Crippen LogP contribution < -0.4 is 15.0 Å². The third-order valence-corrected chi connectivity index (χ3v) is 5.26. The molecular weight excluding hydrogens is 451 g/mol. The van der Waals surface area contributed by atoms with Gasteiger partial charge in [-0.15, -0.1) is 0 Å². The first-order valence-electron chi connectivity index (χ1n) is 9.04. The number of ether oxygens (including phenoxy) is 1. The molecule has 0 bridgehead atoms. The van der Waals surface area contributed by atoms with Crippen LogP contribution in [-0.2, 0) is 9.59 Å². The molecule has 1 heterocycles. The van der Waals surface area contributed by atoms with Gasteiger partial charge >= 0.3 is 6.03 Å². The number of urea groups is 1. The lowest BCUT2D eigenvalue weighted by Gasteiger charge is -2.27. The number of benzene rings is 2. The second-order valence-electron chi connectivity index (χ2n) is 6.58. The van der Waals surface area contributed by atoms with Crippen LogP contribution in [-0.4, -0.2) is 23.9 Å². The molecule has 0 aromatic heterocycles. The second kappa shape index (κ2) is 9.08. The molecule has 1 fully saturated rings. The minimum atomic E-state index is -0.901. The summed E-state index contributed by atoms with van der Waals surface area (Å²) in [6.07, 6.45) is 2.15. The Balaban J connectivity index is 1.95. The van der Waals surface area contributed by atoms with Crippen LogP contribution in [0.25, 0.3) is 6.08 Å². The van der Waals surface area contributed by atoms with Crippen molar-refractivity contribution in [3.63, 3.8) is 0 Å². The van der Waals surface area contributed by atoms with Gasteiger partial charge in [-0.25, -0.2) is 9.69 Å². The predicted octanol–water partition coefficient (Wildman–Crippen LogP) is 5.49. The van der Waals surface area contributed by atoms with Gasteiger partial charge in [0.1, 0.15) is 11.3 Å². The summed E-state index contributed by atoms with van der Waals surface area (Å²) in [5, 5.41) is 2.91. The van der Waals surface area contributed by atoms with Gasteiger partial charge in [-0.2, -0.15) is 0 Å². The van der Waals surface area contributed by atoms with E-state index < -0.39 is 17.8 Å². The molecule has 0 radical (unpaired) electrons. The fourth-order valence-electron chi connectivity index (χ4n) is 2.71. The summed E-state index contributed by atoms with van der Waals surface area (Å²) in [6, 6.07) is 8.30. The Kier molecular flexibility index (Phi) is 6.71. The molecule has 0 spiro atoms. The highest BCUT2D eigenvalue weighted by molar-refractivity contribution is 6.42. The van der Waals surface area contributed by atoms with Crippen LogP contribution in [0, 0.1) is 0 Å². The molecule has 1 saturated heterocycles. The largest absolute Gasteiger partial charge is 0.489 e. The Hall–Kier alpha value is -2.54. The lowest BCUT2D eigenvalue weighted by Crippen LogP contribution is -2.54. The van der Waals surface area contributed by atoms with Crippen molar-refractivity contribution in [1.29, 1.82) is 0 Å². The van der Waals surface area contributed by atoms with Gasteiger partial charge in [0.05, 0.1) is 21.8 Å². The molecule has 1 aliphatic heterocycles. The first kappa shape index (κ1) is 22.2. The van der Waals surface area contributed by atoms with E-state index >= 15 is 0 Å². The fourth-order valence-corrected chi connectivity index (χ4v) is 3.43. The smallest absolute Gasteiger partial charge is 0.335 e. The van der Waals surface area contributed by atoms with Crippen LogP contribution in [0.3, 0.4) is 0 Å². The van der Waals surface area contributed by atoms with Crippen molar-refractivity contribution >= 4 is 64.4 Å². The minimum Gasteiger partial charge on any atom is -0.489 e. The van der Waals surface area contributed by atoms with Crippen LogP contribution >= 0.6 is 34.8 Å². The lowest BCUT2D eigenvalue weighted by atomic mass is 10.1. The quantitative estimate of drug-likeness (QED) is 0.466. The summed E-state index contributed by atoms with van der Waals surface area (Å²) in [6.45, 7) is 3.91. The molecule has 2 aromatic carbocycles. The van der Waals surface area contributed by atoms with E-state index in [0.29, 0.717) is 21.4 Å². The highest BCUT2D eigenvalue weighted by atomic mass is 35.5. The van der Waals surface area contributed by atoms with Crippen molar-refractivity contribution in [3.05, 3.63) is 62.6 Å². The van der Waals surface area contributed by atoms with E-state index in [1.54, 1.807) is 18.2 Å². The van der Waals surface area contributed by atoms with Crippen molar-refractivity contribution in [1.82, 2.24) is 5.32 Å². The van der Waals surface area contributed by atoms with Gasteiger partial charge in [-0.3, -0.25) is 14.9 Å². The molecule has 156 valence electrons. The molecule has 3 rings (SSSR count). The average molecular weight is 468 g/mol. The zero-order valence-electron chi connectivity index (χ0n) is 16.0. The summed E-state index contributed by atoms with van der Waals surface area (Å²) >= 11 is 18.3. The summed E-state index contributed by atoms with van der Waals surface area (Å²) in [5.41, 5.74) is 0.357. The molecule has 2 aromatic rings. The normalized spacial score (nSPS) is 16.6. The highest BCUT2D eigenvalue weighted by Gasteiger charge is 2.37. The molecule has 4 amide bonds. The number of hydrogen-bond acceptors (Lipinski definition) is 4. The topological polar surface area (TPSA) is 75.7 Å². The van der Waals surface area contributed by atoms with Gasteiger partial charge in [0.15, 0.2) is 0 Å². The van der Waals surface area contributed by atoms with Crippen molar-refractivity contribution < 1.29 is 19.1 Å². The number of halogens is 3. The van der Waals surface area contributed by atoms with E-state index in [9.17, 15) is 14.4 Å². The van der Waals surface area contributed by atoms with Crippen molar-refractivity contribution in [2.75, 3.05) is 4.90 Å².